The predicted molar refractivity (Wildman–Crippen MR) is 83.6 cm³/mol. The summed E-state index contributed by atoms with van der Waals surface area (Å²) in [7, 11) is 0. The van der Waals surface area contributed by atoms with Crippen LogP contribution in [0.1, 0.15) is 18.9 Å². The van der Waals surface area contributed by atoms with Crippen LogP contribution in [0.4, 0.5) is 0 Å². The highest BCUT2D eigenvalue weighted by molar-refractivity contribution is 9.10. The smallest absolute Gasteiger partial charge is 0.233 e. The highest BCUT2D eigenvalue weighted by atomic mass is 79.9. The molecule has 0 spiro atoms. The van der Waals surface area contributed by atoms with E-state index in [1.165, 1.54) is 0 Å². The summed E-state index contributed by atoms with van der Waals surface area (Å²) in [4.78, 5) is 14.9. The Bertz CT molecular complexity index is 420. The van der Waals surface area contributed by atoms with E-state index in [1.807, 2.05) is 32.0 Å². The Balaban J connectivity index is 2.56. The van der Waals surface area contributed by atoms with Gasteiger partial charge in [-0.05, 0) is 37.1 Å². The molecule has 0 radical (unpaired) electrons. The van der Waals surface area contributed by atoms with E-state index in [-0.39, 0.29) is 12.5 Å². The third kappa shape index (κ3) is 5.55. The maximum Gasteiger partial charge on any atom is 0.233 e. The molecule has 1 N–H and O–H groups in total. The third-order valence-electron chi connectivity index (χ3n) is 2.70. The van der Waals surface area contributed by atoms with Crippen molar-refractivity contribution < 1.29 is 9.90 Å². The van der Waals surface area contributed by atoms with Crippen LogP contribution in [0.2, 0.25) is 0 Å². The number of halogens is 1. The van der Waals surface area contributed by atoms with Crippen molar-refractivity contribution in [1.29, 1.82) is 0 Å². The number of rotatable bonds is 7. The molecule has 106 valence electrons. The number of aryl methyl sites for hydroxylation is 1. The lowest BCUT2D eigenvalue weighted by atomic mass is 10.2. The highest BCUT2D eigenvalue weighted by Gasteiger charge is 2.12. The maximum atomic E-state index is 12.1. The van der Waals surface area contributed by atoms with Gasteiger partial charge in [0.25, 0.3) is 0 Å². The van der Waals surface area contributed by atoms with Crippen LogP contribution in [0.25, 0.3) is 0 Å². The zero-order valence-electron chi connectivity index (χ0n) is 11.4. The predicted octanol–water partition coefficient (Wildman–Crippen LogP) is 3.08. The summed E-state index contributed by atoms with van der Waals surface area (Å²) >= 11 is 4.98. The molecule has 5 heteroatoms. The number of amides is 1. The second-order valence-electron chi connectivity index (χ2n) is 4.30. The van der Waals surface area contributed by atoms with Crippen molar-refractivity contribution >= 4 is 33.6 Å². The molecule has 0 saturated heterocycles. The first-order chi connectivity index (χ1) is 9.08. The molecule has 19 heavy (non-hydrogen) atoms. The lowest BCUT2D eigenvalue weighted by Gasteiger charge is -2.21. The second-order valence-corrected chi connectivity index (χ2v) is 6.24. The summed E-state index contributed by atoms with van der Waals surface area (Å²) in [5, 5.41) is 8.97. The normalized spacial score (nSPS) is 10.5. The molecule has 1 aromatic carbocycles. The van der Waals surface area contributed by atoms with Gasteiger partial charge in [0.2, 0.25) is 5.91 Å². The number of nitrogens with zero attached hydrogens (tertiary/aromatic N) is 1. The number of carbonyl (C=O) groups excluding carboxylic acids is 1. The number of aliphatic hydroxyl groups excluding tert-OH is 1. The van der Waals surface area contributed by atoms with Gasteiger partial charge in [-0.1, -0.05) is 22.9 Å². The minimum absolute atomic E-state index is 0.0215. The summed E-state index contributed by atoms with van der Waals surface area (Å²) in [5.41, 5.74) is 1.16. The number of thioether (sulfide) groups is 1. The van der Waals surface area contributed by atoms with E-state index in [9.17, 15) is 4.79 Å². The fraction of sp³-hybridized carbons (Fsp3) is 0.500. The summed E-state index contributed by atoms with van der Waals surface area (Å²) in [6, 6.07) is 6.05. The standard InChI is InChI=1S/C14H20BrNO2S/c1-3-6-16(7-8-17)14(18)10-19-13-5-4-12(15)9-11(13)2/h4-5,9,17H,3,6-8,10H2,1-2H3. The SMILES string of the molecule is CCCN(CCO)C(=O)CSc1ccc(Br)cc1C. The topological polar surface area (TPSA) is 40.5 Å². The largest absolute Gasteiger partial charge is 0.395 e. The first-order valence-electron chi connectivity index (χ1n) is 6.36. The molecule has 0 aromatic heterocycles. The van der Waals surface area contributed by atoms with Gasteiger partial charge in [0.15, 0.2) is 0 Å². The van der Waals surface area contributed by atoms with E-state index in [1.54, 1.807) is 16.7 Å². The molecule has 1 aromatic rings. The monoisotopic (exact) mass is 345 g/mol. The van der Waals surface area contributed by atoms with Crippen LogP contribution in [0.5, 0.6) is 0 Å². The number of aliphatic hydroxyl groups is 1. The minimum Gasteiger partial charge on any atom is -0.395 e. The van der Waals surface area contributed by atoms with Crippen LogP contribution in [0.15, 0.2) is 27.6 Å². The molecule has 0 atom stereocenters. The molecule has 1 rings (SSSR count). The second kappa shape index (κ2) is 8.61. The van der Waals surface area contributed by atoms with Crippen molar-refractivity contribution in [1.82, 2.24) is 4.90 Å². The Morgan fingerprint density at radius 1 is 1.42 bits per heavy atom. The molecule has 1 amide bonds. The first-order valence-corrected chi connectivity index (χ1v) is 8.14. The molecule has 0 aliphatic heterocycles. The van der Waals surface area contributed by atoms with E-state index in [4.69, 9.17) is 5.11 Å². The van der Waals surface area contributed by atoms with E-state index >= 15 is 0 Å². The van der Waals surface area contributed by atoms with E-state index in [2.05, 4.69) is 15.9 Å². The summed E-state index contributed by atoms with van der Waals surface area (Å²) in [5.74, 6) is 0.505. The van der Waals surface area contributed by atoms with Crippen LogP contribution >= 0.6 is 27.7 Å². The molecule has 0 saturated carbocycles. The molecule has 0 bridgehead atoms. The van der Waals surface area contributed by atoms with Gasteiger partial charge in [-0.15, -0.1) is 11.8 Å². The average molecular weight is 346 g/mol. The highest BCUT2D eigenvalue weighted by Crippen LogP contribution is 2.25. The minimum atomic E-state index is 0.0215. The van der Waals surface area contributed by atoms with E-state index < -0.39 is 0 Å². The van der Waals surface area contributed by atoms with Crippen LogP contribution in [0.3, 0.4) is 0 Å². The summed E-state index contributed by atoms with van der Waals surface area (Å²) in [6.45, 7) is 5.22. The van der Waals surface area contributed by atoms with Crippen molar-refractivity contribution in [3.05, 3.63) is 28.2 Å². The Labute approximate surface area is 127 Å². The first kappa shape index (κ1) is 16.5. The fourth-order valence-electron chi connectivity index (χ4n) is 1.76. The van der Waals surface area contributed by atoms with Gasteiger partial charge in [0.05, 0.1) is 12.4 Å². The molecule has 0 aliphatic carbocycles. The van der Waals surface area contributed by atoms with Crippen LogP contribution in [0, 0.1) is 6.92 Å². The molecule has 0 heterocycles. The number of hydrogen-bond donors (Lipinski definition) is 1. The molecule has 0 fully saturated rings. The third-order valence-corrected chi connectivity index (χ3v) is 4.36. The lowest BCUT2D eigenvalue weighted by Crippen LogP contribution is -2.35. The van der Waals surface area contributed by atoms with Crippen LogP contribution in [-0.4, -0.2) is 41.4 Å². The molecular formula is C14H20BrNO2S. The van der Waals surface area contributed by atoms with Crippen LogP contribution in [-0.2, 0) is 4.79 Å². The molecule has 0 unspecified atom stereocenters. The number of benzene rings is 1. The van der Waals surface area contributed by atoms with Crippen molar-refractivity contribution in [2.75, 3.05) is 25.4 Å². The Morgan fingerprint density at radius 3 is 2.74 bits per heavy atom. The van der Waals surface area contributed by atoms with Crippen molar-refractivity contribution in [2.24, 2.45) is 0 Å². The maximum absolute atomic E-state index is 12.1. The Kier molecular flexibility index (Phi) is 7.49. The van der Waals surface area contributed by atoms with Gasteiger partial charge in [0, 0.05) is 22.5 Å². The van der Waals surface area contributed by atoms with Gasteiger partial charge >= 0.3 is 0 Å². The zero-order chi connectivity index (χ0) is 14.3. The molecular weight excluding hydrogens is 326 g/mol. The quantitative estimate of drug-likeness (QED) is 0.772. The Morgan fingerprint density at radius 2 is 2.16 bits per heavy atom. The van der Waals surface area contributed by atoms with Gasteiger partial charge in [-0.3, -0.25) is 4.79 Å². The van der Waals surface area contributed by atoms with E-state index in [0.717, 1.165) is 21.4 Å². The number of hydrogen-bond acceptors (Lipinski definition) is 3. The Hall–Kier alpha value is -0.520. The van der Waals surface area contributed by atoms with Gasteiger partial charge in [0.1, 0.15) is 0 Å². The molecule has 0 aliphatic rings. The summed E-state index contributed by atoms with van der Waals surface area (Å²) in [6.07, 6.45) is 0.910. The van der Waals surface area contributed by atoms with Gasteiger partial charge in [-0.25, -0.2) is 0 Å². The van der Waals surface area contributed by atoms with Crippen molar-refractivity contribution in [3.8, 4) is 0 Å². The van der Waals surface area contributed by atoms with Crippen LogP contribution < -0.4 is 0 Å². The molecule has 3 nitrogen and oxygen atoms in total. The van der Waals surface area contributed by atoms with Gasteiger partial charge < -0.3 is 10.0 Å². The fourth-order valence-corrected chi connectivity index (χ4v) is 3.15. The van der Waals surface area contributed by atoms with Crippen molar-refractivity contribution in [3.63, 3.8) is 0 Å². The van der Waals surface area contributed by atoms with E-state index in [0.29, 0.717) is 18.8 Å². The average Bonchev–Trinajstić information content (AvgIpc) is 2.37. The van der Waals surface area contributed by atoms with Crippen molar-refractivity contribution in [2.45, 2.75) is 25.2 Å². The number of carbonyl (C=O) groups is 1. The zero-order valence-corrected chi connectivity index (χ0v) is 13.8. The lowest BCUT2D eigenvalue weighted by molar-refractivity contribution is -0.128. The van der Waals surface area contributed by atoms with Gasteiger partial charge in [-0.2, -0.15) is 0 Å². The summed E-state index contributed by atoms with van der Waals surface area (Å²) < 4.78 is 1.05.